The second-order valence-electron chi connectivity index (χ2n) is 5.89. The molecule has 2 unspecified atom stereocenters. The van der Waals surface area contributed by atoms with Crippen molar-refractivity contribution >= 4 is 5.95 Å². The van der Waals surface area contributed by atoms with E-state index in [0.29, 0.717) is 11.8 Å². The van der Waals surface area contributed by atoms with E-state index in [4.69, 9.17) is 4.74 Å². The molecule has 1 fully saturated rings. The highest BCUT2D eigenvalue weighted by atomic mass is 16.5. The lowest BCUT2D eigenvalue weighted by atomic mass is 9.98. The summed E-state index contributed by atoms with van der Waals surface area (Å²) >= 11 is 0. The topological polar surface area (TPSA) is 47.0 Å². The van der Waals surface area contributed by atoms with Crippen LogP contribution in [0.25, 0.3) is 0 Å². The smallest absolute Gasteiger partial charge is 0.226 e. The van der Waals surface area contributed by atoms with E-state index in [0.717, 1.165) is 24.1 Å². The molecular weight excluding hydrogens is 238 g/mol. The second-order valence-corrected chi connectivity index (χ2v) is 5.89. The van der Waals surface area contributed by atoms with Crippen molar-refractivity contribution < 1.29 is 4.74 Å². The van der Waals surface area contributed by atoms with E-state index in [1.165, 1.54) is 19.3 Å². The van der Waals surface area contributed by atoms with Crippen LogP contribution in [-0.4, -0.2) is 22.6 Å². The summed E-state index contributed by atoms with van der Waals surface area (Å²) in [5.41, 5.74) is 0.938. The number of anilines is 1. The molecule has 1 saturated carbocycles. The first-order chi connectivity index (χ1) is 9.04. The van der Waals surface area contributed by atoms with E-state index in [2.05, 4.69) is 22.2 Å². The molecule has 1 N–H and O–H groups in total. The molecule has 1 aromatic heterocycles. The highest BCUT2D eigenvalue weighted by molar-refractivity contribution is 5.30. The van der Waals surface area contributed by atoms with Crippen LogP contribution in [0.2, 0.25) is 0 Å². The minimum Gasteiger partial charge on any atom is -0.475 e. The fourth-order valence-electron chi connectivity index (χ4n) is 2.67. The molecule has 0 saturated heterocycles. The summed E-state index contributed by atoms with van der Waals surface area (Å²) in [5.74, 6) is 2.90. The fourth-order valence-corrected chi connectivity index (χ4v) is 2.67. The number of aromatic nitrogens is 2. The van der Waals surface area contributed by atoms with Crippen LogP contribution in [0.15, 0.2) is 6.07 Å². The van der Waals surface area contributed by atoms with Gasteiger partial charge in [0.25, 0.3) is 0 Å². The number of nitrogens with one attached hydrogen (secondary N) is 1. The molecule has 0 spiro atoms. The van der Waals surface area contributed by atoms with Crippen LogP contribution in [-0.2, 0) is 0 Å². The fraction of sp³-hybridized carbons (Fsp3) is 0.733. The molecule has 2 rings (SSSR count). The van der Waals surface area contributed by atoms with Crippen molar-refractivity contribution in [3.8, 4) is 5.88 Å². The molecule has 106 valence electrons. The highest BCUT2D eigenvalue weighted by Crippen LogP contribution is 2.31. The molecule has 1 heterocycles. The van der Waals surface area contributed by atoms with E-state index in [1.54, 1.807) is 0 Å². The number of rotatable bonds is 5. The van der Waals surface area contributed by atoms with Crippen LogP contribution >= 0.6 is 0 Å². The summed E-state index contributed by atoms with van der Waals surface area (Å²) in [4.78, 5) is 8.84. The molecule has 0 aliphatic heterocycles. The first kappa shape index (κ1) is 14.1. The van der Waals surface area contributed by atoms with Gasteiger partial charge in [-0.25, -0.2) is 4.98 Å². The maximum Gasteiger partial charge on any atom is 0.226 e. The normalized spacial score (nSPS) is 22.8. The summed E-state index contributed by atoms with van der Waals surface area (Å²) in [6, 6.07) is 1.88. The lowest BCUT2D eigenvalue weighted by Gasteiger charge is -2.16. The molecule has 2 atom stereocenters. The minimum atomic E-state index is 0.136. The van der Waals surface area contributed by atoms with Gasteiger partial charge in [-0.2, -0.15) is 4.98 Å². The van der Waals surface area contributed by atoms with Crippen LogP contribution in [0.1, 0.15) is 45.7 Å². The molecule has 0 aromatic carbocycles. The Morgan fingerprint density at radius 3 is 2.79 bits per heavy atom. The zero-order valence-electron chi connectivity index (χ0n) is 12.4. The lowest BCUT2D eigenvalue weighted by molar-refractivity contribution is 0.232. The quantitative estimate of drug-likeness (QED) is 0.884. The van der Waals surface area contributed by atoms with Crippen molar-refractivity contribution in [1.82, 2.24) is 9.97 Å². The van der Waals surface area contributed by atoms with Crippen LogP contribution in [0.3, 0.4) is 0 Å². The van der Waals surface area contributed by atoms with Crippen molar-refractivity contribution in [1.29, 1.82) is 0 Å². The third-order valence-corrected chi connectivity index (χ3v) is 3.75. The summed E-state index contributed by atoms with van der Waals surface area (Å²) in [7, 11) is 0. The molecule has 1 aliphatic rings. The predicted octanol–water partition coefficient (Wildman–Crippen LogP) is 3.42. The highest BCUT2D eigenvalue weighted by Gasteiger charge is 2.23. The standard InChI is InChI=1S/C15H25N3O/c1-10(2)19-14-8-12(4)17-15(18-14)16-9-13-7-5-6-11(13)3/h8,10-11,13H,5-7,9H2,1-4H3,(H,16,17,18). The van der Waals surface area contributed by atoms with Crippen LogP contribution in [0, 0.1) is 18.8 Å². The Hall–Kier alpha value is -1.32. The number of aryl methyl sites for hydroxylation is 1. The Morgan fingerprint density at radius 2 is 2.16 bits per heavy atom. The van der Waals surface area contributed by atoms with Gasteiger partial charge < -0.3 is 10.1 Å². The van der Waals surface area contributed by atoms with Gasteiger partial charge in [-0.3, -0.25) is 0 Å². The number of nitrogens with zero attached hydrogens (tertiary/aromatic N) is 2. The lowest BCUT2D eigenvalue weighted by Crippen LogP contribution is -2.18. The maximum atomic E-state index is 5.64. The average molecular weight is 263 g/mol. The first-order valence-electron chi connectivity index (χ1n) is 7.31. The van der Waals surface area contributed by atoms with Crippen molar-refractivity contribution in [2.45, 2.75) is 53.1 Å². The van der Waals surface area contributed by atoms with Gasteiger partial charge in [-0.05, 0) is 39.0 Å². The van der Waals surface area contributed by atoms with Crippen LogP contribution < -0.4 is 10.1 Å². The van der Waals surface area contributed by atoms with E-state index in [-0.39, 0.29) is 6.10 Å². The molecule has 1 aliphatic carbocycles. The Kier molecular flexibility index (Phi) is 4.61. The van der Waals surface area contributed by atoms with Crippen molar-refractivity contribution in [3.05, 3.63) is 11.8 Å². The number of hydrogen-bond acceptors (Lipinski definition) is 4. The zero-order valence-corrected chi connectivity index (χ0v) is 12.4. The van der Waals surface area contributed by atoms with Crippen molar-refractivity contribution in [3.63, 3.8) is 0 Å². The Bertz CT molecular complexity index is 420. The van der Waals surface area contributed by atoms with E-state index in [1.807, 2.05) is 26.8 Å². The molecular formula is C15H25N3O. The van der Waals surface area contributed by atoms with Crippen molar-refractivity contribution in [2.75, 3.05) is 11.9 Å². The number of hydrogen-bond donors (Lipinski definition) is 1. The third kappa shape index (κ3) is 4.08. The van der Waals surface area contributed by atoms with Crippen LogP contribution in [0.4, 0.5) is 5.95 Å². The SMILES string of the molecule is Cc1cc(OC(C)C)nc(NCC2CCCC2C)n1. The molecule has 0 radical (unpaired) electrons. The van der Waals surface area contributed by atoms with Gasteiger partial charge in [-0.1, -0.05) is 19.8 Å². The van der Waals surface area contributed by atoms with Gasteiger partial charge in [-0.15, -0.1) is 0 Å². The zero-order chi connectivity index (χ0) is 13.8. The predicted molar refractivity (Wildman–Crippen MR) is 77.5 cm³/mol. The maximum absolute atomic E-state index is 5.64. The van der Waals surface area contributed by atoms with Crippen LogP contribution in [0.5, 0.6) is 5.88 Å². The number of ether oxygens (including phenoxy) is 1. The summed E-state index contributed by atoms with van der Waals surface area (Å²) in [6.45, 7) is 9.28. The molecule has 4 nitrogen and oxygen atoms in total. The van der Waals surface area contributed by atoms with Crippen molar-refractivity contribution in [2.24, 2.45) is 11.8 Å². The summed E-state index contributed by atoms with van der Waals surface area (Å²) < 4.78 is 5.64. The Balaban J connectivity index is 1.97. The monoisotopic (exact) mass is 263 g/mol. The molecule has 1 aromatic rings. The minimum absolute atomic E-state index is 0.136. The average Bonchev–Trinajstić information content (AvgIpc) is 2.70. The van der Waals surface area contributed by atoms with Gasteiger partial charge in [0.2, 0.25) is 11.8 Å². The molecule has 0 amide bonds. The second kappa shape index (κ2) is 6.22. The molecule has 19 heavy (non-hydrogen) atoms. The van der Waals surface area contributed by atoms with Gasteiger partial charge in [0.15, 0.2) is 0 Å². The van der Waals surface area contributed by atoms with E-state index in [9.17, 15) is 0 Å². The summed E-state index contributed by atoms with van der Waals surface area (Å²) in [6.07, 6.45) is 4.15. The molecule has 4 heteroatoms. The molecule has 0 bridgehead atoms. The van der Waals surface area contributed by atoms with E-state index >= 15 is 0 Å². The summed E-state index contributed by atoms with van der Waals surface area (Å²) in [5, 5.41) is 3.37. The first-order valence-corrected chi connectivity index (χ1v) is 7.31. The van der Waals surface area contributed by atoms with Gasteiger partial charge in [0, 0.05) is 18.3 Å². The van der Waals surface area contributed by atoms with Gasteiger partial charge >= 0.3 is 0 Å². The van der Waals surface area contributed by atoms with Gasteiger partial charge in [0.1, 0.15) is 0 Å². The Labute approximate surface area is 116 Å². The van der Waals surface area contributed by atoms with E-state index < -0.39 is 0 Å². The largest absolute Gasteiger partial charge is 0.475 e. The Morgan fingerprint density at radius 1 is 1.37 bits per heavy atom. The third-order valence-electron chi connectivity index (χ3n) is 3.75. The van der Waals surface area contributed by atoms with Gasteiger partial charge in [0.05, 0.1) is 6.10 Å².